The lowest BCUT2D eigenvalue weighted by molar-refractivity contribution is 0.0240. The first-order valence-electron chi connectivity index (χ1n) is 7.23. The van der Waals surface area contributed by atoms with E-state index in [1.807, 2.05) is 32.9 Å². The maximum atomic E-state index is 12.0. The van der Waals surface area contributed by atoms with E-state index in [4.69, 9.17) is 10.00 Å². The van der Waals surface area contributed by atoms with Gasteiger partial charge in [-0.1, -0.05) is 0 Å². The molecule has 1 aromatic rings. The molecule has 0 aromatic heterocycles. The summed E-state index contributed by atoms with van der Waals surface area (Å²) in [6.07, 6.45) is -0.256. The van der Waals surface area contributed by atoms with Crippen molar-refractivity contribution >= 4 is 27.7 Å². The number of halogens is 1. The Kier molecular flexibility index (Phi) is 4.97. The molecule has 0 N–H and O–H groups in total. The van der Waals surface area contributed by atoms with Gasteiger partial charge in [0.15, 0.2) is 0 Å². The van der Waals surface area contributed by atoms with Gasteiger partial charge in [-0.05, 0) is 54.9 Å². The Bertz CT molecular complexity index is 596. The van der Waals surface area contributed by atoms with Gasteiger partial charge in [0.2, 0.25) is 0 Å². The number of nitriles is 1. The van der Waals surface area contributed by atoms with Crippen molar-refractivity contribution in [3.63, 3.8) is 0 Å². The maximum Gasteiger partial charge on any atom is 0.410 e. The molecule has 1 heterocycles. The lowest BCUT2D eigenvalue weighted by Gasteiger charge is -2.36. The van der Waals surface area contributed by atoms with Crippen LogP contribution in [-0.2, 0) is 4.74 Å². The number of amides is 1. The number of anilines is 1. The smallest absolute Gasteiger partial charge is 0.410 e. The van der Waals surface area contributed by atoms with E-state index < -0.39 is 5.60 Å². The van der Waals surface area contributed by atoms with Gasteiger partial charge < -0.3 is 14.5 Å². The van der Waals surface area contributed by atoms with Gasteiger partial charge in [0.05, 0.1) is 5.56 Å². The highest BCUT2D eigenvalue weighted by Crippen LogP contribution is 2.25. The van der Waals surface area contributed by atoms with Gasteiger partial charge in [0.1, 0.15) is 11.7 Å². The van der Waals surface area contributed by atoms with Crippen LogP contribution in [0.3, 0.4) is 0 Å². The molecule has 0 unspecified atom stereocenters. The standard InChI is InChI=1S/C16H20BrN3O2/c1-16(2,3)22-15(21)20-8-6-19(7-9-20)13-5-4-12(11-18)14(17)10-13/h4-5,10H,6-9H2,1-3H3. The average Bonchev–Trinajstić information content (AvgIpc) is 2.45. The van der Waals surface area contributed by atoms with Gasteiger partial charge in [-0.25, -0.2) is 4.79 Å². The summed E-state index contributed by atoms with van der Waals surface area (Å²) in [5, 5.41) is 8.96. The number of carbonyl (C=O) groups excluding carboxylic acids is 1. The van der Waals surface area contributed by atoms with Gasteiger partial charge in [-0.3, -0.25) is 0 Å². The minimum Gasteiger partial charge on any atom is -0.444 e. The molecule has 118 valence electrons. The highest BCUT2D eigenvalue weighted by Gasteiger charge is 2.26. The van der Waals surface area contributed by atoms with Crippen LogP contribution >= 0.6 is 15.9 Å². The molecule has 6 heteroatoms. The second-order valence-electron chi connectivity index (χ2n) is 6.23. The molecule has 0 saturated carbocycles. The van der Waals surface area contributed by atoms with Crippen LogP contribution in [0, 0.1) is 11.3 Å². The van der Waals surface area contributed by atoms with Crippen molar-refractivity contribution < 1.29 is 9.53 Å². The Morgan fingerprint density at radius 2 is 1.91 bits per heavy atom. The fraction of sp³-hybridized carbons (Fsp3) is 0.500. The van der Waals surface area contributed by atoms with Crippen LogP contribution < -0.4 is 4.90 Å². The highest BCUT2D eigenvalue weighted by molar-refractivity contribution is 9.10. The summed E-state index contributed by atoms with van der Waals surface area (Å²) >= 11 is 3.41. The van der Waals surface area contributed by atoms with E-state index >= 15 is 0 Å². The minimum atomic E-state index is -0.466. The van der Waals surface area contributed by atoms with Crippen molar-refractivity contribution in [2.24, 2.45) is 0 Å². The van der Waals surface area contributed by atoms with Crippen molar-refractivity contribution in [2.45, 2.75) is 26.4 Å². The zero-order valence-corrected chi connectivity index (χ0v) is 14.7. The number of hydrogen-bond acceptors (Lipinski definition) is 4. The number of rotatable bonds is 1. The normalized spacial score (nSPS) is 15.4. The van der Waals surface area contributed by atoms with Crippen LogP contribution in [-0.4, -0.2) is 42.8 Å². The summed E-state index contributed by atoms with van der Waals surface area (Å²) in [5.74, 6) is 0. The molecule has 1 saturated heterocycles. The average molecular weight is 366 g/mol. The van der Waals surface area contributed by atoms with Crippen molar-refractivity contribution in [1.82, 2.24) is 4.90 Å². The molecule has 0 bridgehead atoms. The van der Waals surface area contributed by atoms with Gasteiger partial charge in [-0.15, -0.1) is 0 Å². The Balaban J connectivity index is 1.96. The van der Waals surface area contributed by atoms with E-state index in [9.17, 15) is 4.79 Å². The molecule has 1 aliphatic heterocycles. The van der Waals surface area contributed by atoms with Gasteiger partial charge in [0, 0.05) is 36.3 Å². The van der Waals surface area contributed by atoms with E-state index in [1.54, 1.807) is 11.0 Å². The van der Waals surface area contributed by atoms with E-state index in [2.05, 4.69) is 26.9 Å². The number of benzene rings is 1. The van der Waals surface area contributed by atoms with Crippen molar-refractivity contribution in [3.05, 3.63) is 28.2 Å². The topological polar surface area (TPSA) is 56.6 Å². The van der Waals surface area contributed by atoms with Crippen LogP contribution in [0.1, 0.15) is 26.3 Å². The molecule has 2 rings (SSSR count). The molecular weight excluding hydrogens is 346 g/mol. The van der Waals surface area contributed by atoms with Crippen molar-refractivity contribution in [2.75, 3.05) is 31.1 Å². The van der Waals surface area contributed by atoms with Crippen LogP contribution in [0.5, 0.6) is 0 Å². The van der Waals surface area contributed by atoms with Gasteiger partial charge in [0.25, 0.3) is 0 Å². The van der Waals surface area contributed by atoms with Crippen molar-refractivity contribution in [3.8, 4) is 6.07 Å². The van der Waals surface area contributed by atoms with Crippen molar-refractivity contribution in [1.29, 1.82) is 5.26 Å². The summed E-state index contributed by atoms with van der Waals surface area (Å²) in [6, 6.07) is 7.82. The molecule has 0 atom stereocenters. The van der Waals surface area contributed by atoms with E-state index in [-0.39, 0.29) is 6.09 Å². The molecule has 1 fully saturated rings. The summed E-state index contributed by atoms with van der Waals surface area (Å²) in [7, 11) is 0. The Labute approximate surface area is 139 Å². The summed E-state index contributed by atoms with van der Waals surface area (Å²) < 4.78 is 6.19. The first kappa shape index (κ1) is 16.6. The zero-order valence-electron chi connectivity index (χ0n) is 13.1. The molecule has 22 heavy (non-hydrogen) atoms. The second kappa shape index (κ2) is 6.57. The highest BCUT2D eigenvalue weighted by atomic mass is 79.9. The molecular formula is C16H20BrN3O2. The van der Waals surface area contributed by atoms with Crippen LogP contribution in [0.15, 0.2) is 22.7 Å². The summed E-state index contributed by atoms with van der Waals surface area (Å²) in [5.41, 5.74) is 1.21. The fourth-order valence-corrected chi connectivity index (χ4v) is 2.72. The van der Waals surface area contributed by atoms with Gasteiger partial charge in [-0.2, -0.15) is 5.26 Å². The quantitative estimate of drug-likeness (QED) is 0.765. The zero-order chi connectivity index (χ0) is 16.3. The molecule has 1 aliphatic rings. The monoisotopic (exact) mass is 365 g/mol. The first-order valence-corrected chi connectivity index (χ1v) is 8.02. The summed E-state index contributed by atoms with van der Waals surface area (Å²) in [4.78, 5) is 16.0. The Hall–Kier alpha value is -1.74. The number of carbonyl (C=O) groups is 1. The molecule has 1 amide bonds. The largest absolute Gasteiger partial charge is 0.444 e. The first-order chi connectivity index (χ1) is 10.3. The van der Waals surface area contributed by atoms with Crippen LogP contribution in [0.4, 0.5) is 10.5 Å². The lowest BCUT2D eigenvalue weighted by atomic mass is 10.2. The third-order valence-corrected chi connectivity index (χ3v) is 4.03. The third-order valence-electron chi connectivity index (χ3n) is 3.37. The summed E-state index contributed by atoms with van der Waals surface area (Å²) in [6.45, 7) is 8.37. The Morgan fingerprint density at radius 1 is 1.27 bits per heavy atom. The Morgan fingerprint density at radius 3 is 2.41 bits per heavy atom. The maximum absolute atomic E-state index is 12.0. The van der Waals surface area contributed by atoms with Gasteiger partial charge >= 0.3 is 6.09 Å². The number of hydrogen-bond donors (Lipinski definition) is 0. The van der Waals surface area contributed by atoms with E-state index in [0.717, 1.165) is 23.2 Å². The van der Waals surface area contributed by atoms with E-state index in [0.29, 0.717) is 18.7 Å². The molecule has 5 nitrogen and oxygen atoms in total. The number of ether oxygens (including phenoxy) is 1. The molecule has 0 spiro atoms. The number of piperazine rings is 1. The predicted octanol–water partition coefficient (Wildman–Crippen LogP) is 3.38. The third kappa shape index (κ3) is 4.14. The second-order valence-corrected chi connectivity index (χ2v) is 7.08. The van der Waals surface area contributed by atoms with E-state index in [1.165, 1.54) is 0 Å². The predicted molar refractivity (Wildman–Crippen MR) is 88.9 cm³/mol. The van der Waals surface area contributed by atoms with Crippen LogP contribution in [0.2, 0.25) is 0 Å². The van der Waals surface area contributed by atoms with Crippen LogP contribution in [0.25, 0.3) is 0 Å². The number of nitrogens with zero attached hydrogens (tertiary/aromatic N) is 3. The molecule has 1 aromatic carbocycles. The molecule has 0 radical (unpaired) electrons. The SMILES string of the molecule is CC(C)(C)OC(=O)N1CCN(c2ccc(C#N)c(Br)c2)CC1. The molecule has 0 aliphatic carbocycles. The fourth-order valence-electron chi connectivity index (χ4n) is 2.27. The minimum absolute atomic E-state index is 0.256. The lowest BCUT2D eigenvalue weighted by Crippen LogP contribution is -2.50.